The van der Waals surface area contributed by atoms with Gasteiger partial charge in [0.2, 0.25) is 5.91 Å². The van der Waals surface area contributed by atoms with Gasteiger partial charge in [0.1, 0.15) is 0 Å². The van der Waals surface area contributed by atoms with Crippen LogP contribution in [0.4, 0.5) is 0 Å². The molecule has 0 N–H and O–H groups in total. The highest BCUT2D eigenvalue weighted by atomic mass is 16.5. The van der Waals surface area contributed by atoms with E-state index in [9.17, 15) is 9.59 Å². The zero-order valence-electron chi connectivity index (χ0n) is 8.81. The zero-order valence-corrected chi connectivity index (χ0v) is 8.81. The summed E-state index contributed by atoms with van der Waals surface area (Å²) in [6.07, 6.45) is 5.16. The van der Waals surface area contributed by atoms with Crippen molar-refractivity contribution in [3.05, 3.63) is 24.9 Å². The van der Waals surface area contributed by atoms with Gasteiger partial charge in [0.05, 0.1) is 12.5 Å². The van der Waals surface area contributed by atoms with Crippen LogP contribution >= 0.6 is 0 Å². The number of rotatable bonds is 4. The minimum atomic E-state index is -0.401. The summed E-state index contributed by atoms with van der Waals surface area (Å²) < 4.78 is 4.72. The Labute approximate surface area is 89.2 Å². The van der Waals surface area contributed by atoms with Gasteiger partial charge in [-0.1, -0.05) is 12.7 Å². The van der Waals surface area contributed by atoms with Crippen LogP contribution in [0.5, 0.6) is 0 Å². The van der Waals surface area contributed by atoms with Crippen LogP contribution < -0.4 is 0 Å². The van der Waals surface area contributed by atoms with Gasteiger partial charge in [-0.05, 0) is 19.5 Å². The molecule has 0 saturated carbocycles. The van der Waals surface area contributed by atoms with Crippen LogP contribution in [-0.2, 0) is 14.3 Å². The minimum Gasteiger partial charge on any atom is -0.463 e. The lowest BCUT2D eigenvalue weighted by atomic mass is 10.1. The molecule has 82 valence electrons. The summed E-state index contributed by atoms with van der Waals surface area (Å²) in [7, 11) is 0. The molecule has 1 saturated heterocycles. The van der Waals surface area contributed by atoms with Gasteiger partial charge in [-0.15, -0.1) is 0 Å². The molecule has 15 heavy (non-hydrogen) atoms. The van der Waals surface area contributed by atoms with Crippen LogP contribution in [0.25, 0.3) is 0 Å². The van der Waals surface area contributed by atoms with E-state index in [1.807, 2.05) is 0 Å². The van der Waals surface area contributed by atoms with E-state index < -0.39 is 5.97 Å². The SMILES string of the molecule is C=CN1CCC(C=CC(=O)OCC)C1=O. The van der Waals surface area contributed by atoms with E-state index in [4.69, 9.17) is 4.74 Å². The maximum atomic E-state index is 11.6. The first kappa shape index (κ1) is 11.5. The molecule has 0 bridgehead atoms. The molecule has 1 aliphatic heterocycles. The monoisotopic (exact) mass is 209 g/mol. The van der Waals surface area contributed by atoms with Crippen molar-refractivity contribution in [3.8, 4) is 0 Å². The third-order valence-electron chi connectivity index (χ3n) is 2.25. The Morgan fingerprint density at radius 2 is 2.47 bits per heavy atom. The third-order valence-corrected chi connectivity index (χ3v) is 2.25. The van der Waals surface area contributed by atoms with Crippen molar-refractivity contribution in [2.24, 2.45) is 5.92 Å². The first-order valence-corrected chi connectivity index (χ1v) is 4.97. The molecule has 4 heteroatoms. The molecule has 1 atom stereocenters. The summed E-state index contributed by atoms with van der Waals surface area (Å²) in [5.74, 6) is -0.625. The number of hydrogen-bond acceptors (Lipinski definition) is 3. The Hall–Kier alpha value is -1.58. The largest absolute Gasteiger partial charge is 0.463 e. The van der Waals surface area contributed by atoms with Crippen LogP contribution in [0.1, 0.15) is 13.3 Å². The molecule has 0 spiro atoms. The van der Waals surface area contributed by atoms with E-state index in [0.29, 0.717) is 13.2 Å². The summed E-state index contributed by atoms with van der Waals surface area (Å²) in [6, 6.07) is 0. The van der Waals surface area contributed by atoms with Gasteiger partial charge < -0.3 is 9.64 Å². The first-order valence-electron chi connectivity index (χ1n) is 4.97. The summed E-state index contributed by atoms with van der Waals surface area (Å²) in [5, 5.41) is 0. The molecule has 0 aliphatic carbocycles. The predicted octanol–water partition coefficient (Wildman–Crippen LogP) is 1.10. The van der Waals surface area contributed by atoms with Crippen LogP contribution in [0, 0.1) is 5.92 Å². The highest BCUT2D eigenvalue weighted by molar-refractivity contribution is 5.86. The van der Waals surface area contributed by atoms with Crippen molar-refractivity contribution in [2.75, 3.05) is 13.2 Å². The Balaban J connectivity index is 2.50. The van der Waals surface area contributed by atoms with Gasteiger partial charge in [0.15, 0.2) is 0 Å². The highest BCUT2D eigenvalue weighted by Crippen LogP contribution is 2.19. The lowest BCUT2D eigenvalue weighted by Crippen LogP contribution is -2.20. The molecule has 0 aromatic rings. The van der Waals surface area contributed by atoms with Gasteiger partial charge in [0, 0.05) is 12.6 Å². The molecule has 1 aliphatic rings. The molecular formula is C11H15NO3. The van der Waals surface area contributed by atoms with Gasteiger partial charge in [-0.25, -0.2) is 4.79 Å². The quantitative estimate of drug-likeness (QED) is 0.514. The summed E-state index contributed by atoms with van der Waals surface area (Å²) in [6.45, 7) is 6.30. The van der Waals surface area contributed by atoms with Crippen molar-refractivity contribution in [2.45, 2.75) is 13.3 Å². The molecule has 1 heterocycles. The second-order valence-corrected chi connectivity index (χ2v) is 3.22. The average Bonchev–Trinajstić information content (AvgIpc) is 2.57. The molecule has 0 aromatic heterocycles. The molecule has 0 radical (unpaired) electrons. The van der Waals surface area contributed by atoms with Crippen LogP contribution in [0.3, 0.4) is 0 Å². The standard InChI is InChI=1S/C11H15NO3/c1-3-12-8-7-9(11(12)14)5-6-10(13)15-4-2/h3,5-6,9H,1,4,7-8H2,2H3. The van der Waals surface area contributed by atoms with Gasteiger partial charge in [-0.2, -0.15) is 0 Å². The molecule has 1 amide bonds. The summed E-state index contributed by atoms with van der Waals surface area (Å²) in [5.41, 5.74) is 0. The maximum Gasteiger partial charge on any atom is 0.330 e. The maximum absolute atomic E-state index is 11.6. The van der Waals surface area contributed by atoms with E-state index in [1.54, 1.807) is 17.9 Å². The smallest absolute Gasteiger partial charge is 0.330 e. The minimum absolute atomic E-state index is 0.00875. The van der Waals surface area contributed by atoms with E-state index in [0.717, 1.165) is 6.42 Å². The van der Waals surface area contributed by atoms with Crippen molar-refractivity contribution in [1.29, 1.82) is 0 Å². The van der Waals surface area contributed by atoms with Crippen molar-refractivity contribution in [1.82, 2.24) is 4.90 Å². The second-order valence-electron chi connectivity index (χ2n) is 3.22. The lowest BCUT2D eigenvalue weighted by molar-refractivity contribution is -0.137. The molecule has 4 nitrogen and oxygen atoms in total. The zero-order chi connectivity index (χ0) is 11.3. The molecular weight excluding hydrogens is 194 g/mol. The summed E-state index contributed by atoms with van der Waals surface area (Å²) >= 11 is 0. The van der Waals surface area contributed by atoms with E-state index >= 15 is 0 Å². The van der Waals surface area contributed by atoms with Gasteiger partial charge >= 0.3 is 5.97 Å². The number of esters is 1. The number of carbonyl (C=O) groups excluding carboxylic acids is 2. The number of amides is 1. The Kier molecular flexibility index (Phi) is 4.09. The van der Waals surface area contributed by atoms with E-state index in [1.165, 1.54) is 12.3 Å². The molecule has 1 unspecified atom stereocenters. The van der Waals surface area contributed by atoms with Crippen molar-refractivity contribution < 1.29 is 14.3 Å². The van der Waals surface area contributed by atoms with Gasteiger partial charge in [0.25, 0.3) is 0 Å². The number of ether oxygens (including phenoxy) is 1. The highest BCUT2D eigenvalue weighted by Gasteiger charge is 2.27. The normalized spacial score (nSPS) is 21.0. The van der Waals surface area contributed by atoms with Gasteiger partial charge in [-0.3, -0.25) is 4.79 Å². The first-order chi connectivity index (χ1) is 7.19. The Morgan fingerprint density at radius 1 is 1.73 bits per heavy atom. The summed E-state index contributed by atoms with van der Waals surface area (Å²) in [4.78, 5) is 24.1. The Bertz CT molecular complexity index is 296. The van der Waals surface area contributed by atoms with E-state index in [2.05, 4.69) is 6.58 Å². The fraction of sp³-hybridized carbons (Fsp3) is 0.455. The third kappa shape index (κ3) is 2.94. The van der Waals surface area contributed by atoms with Crippen molar-refractivity contribution in [3.63, 3.8) is 0 Å². The Morgan fingerprint density at radius 3 is 3.00 bits per heavy atom. The molecule has 1 rings (SSSR count). The second kappa shape index (κ2) is 5.34. The number of hydrogen-bond donors (Lipinski definition) is 0. The molecule has 0 aromatic carbocycles. The number of likely N-dealkylation sites (tertiary alicyclic amines) is 1. The number of nitrogens with zero attached hydrogens (tertiary/aromatic N) is 1. The molecule has 1 fully saturated rings. The van der Waals surface area contributed by atoms with E-state index in [-0.39, 0.29) is 11.8 Å². The lowest BCUT2D eigenvalue weighted by Gasteiger charge is -2.07. The topological polar surface area (TPSA) is 46.6 Å². The van der Waals surface area contributed by atoms with Crippen LogP contribution in [0.2, 0.25) is 0 Å². The average molecular weight is 209 g/mol. The predicted molar refractivity (Wildman–Crippen MR) is 55.8 cm³/mol. The van der Waals surface area contributed by atoms with Crippen molar-refractivity contribution >= 4 is 11.9 Å². The number of carbonyl (C=O) groups is 2. The van der Waals surface area contributed by atoms with Crippen LogP contribution in [-0.4, -0.2) is 29.9 Å². The van der Waals surface area contributed by atoms with Crippen LogP contribution in [0.15, 0.2) is 24.9 Å². The fourth-order valence-corrected chi connectivity index (χ4v) is 1.47. The fourth-order valence-electron chi connectivity index (χ4n) is 1.47.